The van der Waals surface area contributed by atoms with Crippen molar-refractivity contribution in [2.45, 2.75) is 46.6 Å². The maximum Gasteiger partial charge on any atom is 0.269 e. The Morgan fingerprint density at radius 1 is 1.00 bits per heavy atom. The van der Waals surface area contributed by atoms with Gasteiger partial charge in [-0.05, 0) is 37.1 Å². The van der Waals surface area contributed by atoms with Crippen molar-refractivity contribution in [1.29, 1.82) is 0 Å². The molecular formula is C24H36N3O2+. The molecule has 1 N–H and O–H groups in total. The lowest BCUT2D eigenvalue weighted by atomic mass is 10.0. The van der Waals surface area contributed by atoms with Crippen molar-refractivity contribution in [3.63, 3.8) is 0 Å². The number of non-ortho nitro benzene ring substituents is 1. The van der Waals surface area contributed by atoms with Crippen LogP contribution < -0.4 is 5.32 Å². The van der Waals surface area contributed by atoms with Gasteiger partial charge in [-0.2, -0.15) is 0 Å². The van der Waals surface area contributed by atoms with Crippen molar-refractivity contribution in [2.75, 3.05) is 31.5 Å². The van der Waals surface area contributed by atoms with E-state index >= 15 is 0 Å². The first-order valence-corrected chi connectivity index (χ1v) is 10.9. The highest BCUT2D eigenvalue weighted by Crippen LogP contribution is 2.23. The van der Waals surface area contributed by atoms with Gasteiger partial charge in [-0.15, -0.1) is 0 Å². The predicted octanol–water partition coefficient (Wildman–Crippen LogP) is 5.87. The SMILES string of the molecule is CCCC(C)C[N+](CCC)(CCNc1ccccc1)Cc1ccc([N+](=O)[O-])cc1. The lowest BCUT2D eigenvalue weighted by molar-refractivity contribution is -0.942. The Hall–Kier alpha value is -2.40. The van der Waals surface area contributed by atoms with E-state index in [0.29, 0.717) is 5.92 Å². The molecule has 0 aliphatic carbocycles. The van der Waals surface area contributed by atoms with Crippen LogP contribution in [0.2, 0.25) is 0 Å². The van der Waals surface area contributed by atoms with Crippen molar-refractivity contribution < 1.29 is 9.41 Å². The average molecular weight is 399 g/mol. The summed E-state index contributed by atoms with van der Waals surface area (Å²) in [5.41, 5.74) is 2.49. The zero-order chi connectivity index (χ0) is 21.1. The summed E-state index contributed by atoms with van der Waals surface area (Å²) < 4.78 is 1.01. The van der Waals surface area contributed by atoms with E-state index < -0.39 is 0 Å². The van der Waals surface area contributed by atoms with Crippen molar-refractivity contribution in [1.82, 2.24) is 0 Å². The van der Waals surface area contributed by atoms with E-state index in [2.05, 4.69) is 50.4 Å². The minimum absolute atomic E-state index is 0.160. The second kappa shape index (κ2) is 11.6. The number of nitrogens with one attached hydrogen (secondary N) is 1. The molecule has 5 heteroatoms. The zero-order valence-electron chi connectivity index (χ0n) is 18.1. The van der Waals surface area contributed by atoms with Crippen LogP contribution in [0.15, 0.2) is 54.6 Å². The molecule has 2 unspecified atom stereocenters. The minimum atomic E-state index is -0.328. The van der Waals surface area contributed by atoms with Crippen LogP contribution in [0, 0.1) is 16.0 Å². The summed E-state index contributed by atoms with van der Waals surface area (Å²) in [6.07, 6.45) is 3.56. The number of nitro benzene ring substituents is 1. The van der Waals surface area contributed by atoms with Crippen molar-refractivity contribution in [3.05, 3.63) is 70.3 Å². The molecule has 2 aromatic rings. The van der Waals surface area contributed by atoms with Crippen LogP contribution in [0.4, 0.5) is 11.4 Å². The molecule has 0 bridgehead atoms. The van der Waals surface area contributed by atoms with E-state index in [0.717, 1.165) is 49.3 Å². The highest BCUT2D eigenvalue weighted by atomic mass is 16.6. The van der Waals surface area contributed by atoms with E-state index in [1.54, 1.807) is 12.1 Å². The quantitative estimate of drug-likeness (QED) is 0.261. The van der Waals surface area contributed by atoms with Crippen LogP contribution in [-0.4, -0.2) is 35.6 Å². The Kier molecular flexibility index (Phi) is 9.13. The summed E-state index contributed by atoms with van der Waals surface area (Å²) in [5.74, 6) is 0.654. The average Bonchev–Trinajstić information content (AvgIpc) is 2.69. The maximum atomic E-state index is 11.0. The van der Waals surface area contributed by atoms with Crippen LogP contribution in [-0.2, 0) is 6.54 Å². The standard InChI is InChI=1S/C24H36N3O2/c1-4-9-21(3)19-27(17-5-2,18-16-25-23-10-7-6-8-11-23)20-22-12-14-24(15-13-22)26(28)29/h6-8,10-15,21,25H,4-5,9,16-20H2,1-3H3/q+1. The number of para-hydroxylation sites is 1. The molecule has 2 atom stereocenters. The van der Waals surface area contributed by atoms with Crippen LogP contribution >= 0.6 is 0 Å². The lowest BCUT2D eigenvalue weighted by Crippen LogP contribution is -2.52. The number of rotatable bonds is 13. The summed E-state index contributed by atoms with van der Waals surface area (Å²) >= 11 is 0. The fraction of sp³-hybridized carbons (Fsp3) is 0.500. The molecule has 0 aromatic heterocycles. The summed E-state index contributed by atoms with van der Waals surface area (Å²) in [4.78, 5) is 10.7. The first-order chi connectivity index (χ1) is 14.0. The number of hydrogen-bond donors (Lipinski definition) is 1. The lowest BCUT2D eigenvalue weighted by Gasteiger charge is -2.41. The number of anilines is 1. The first-order valence-electron chi connectivity index (χ1n) is 10.9. The minimum Gasteiger partial charge on any atom is -0.379 e. The first kappa shape index (κ1) is 22.9. The van der Waals surface area contributed by atoms with Crippen LogP contribution in [0.25, 0.3) is 0 Å². The Morgan fingerprint density at radius 3 is 2.28 bits per heavy atom. The van der Waals surface area contributed by atoms with Gasteiger partial charge in [-0.25, -0.2) is 0 Å². The molecule has 5 nitrogen and oxygen atoms in total. The number of benzene rings is 2. The van der Waals surface area contributed by atoms with Crippen molar-refractivity contribution in [3.8, 4) is 0 Å². The van der Waals surface area contributed by atoms with E-state index in [1.165, 1.54) is 18.4 Å². The molecule has 0 saturated carbocycles. The van der Waals surface area contributed by atoms with Gasteiger partial charge in [0, 0.05) is 29.3 Å². The third-order valence-corrected chi connectivity index (χ3v) is 5.53. The molecule has 2 aromatic carbocycles. The summed E-state index contributed by atoms with van der Waals surface area (Å²) in [6, 6.07) is 17.5. The molecule has 0 aliphatic rings. The molecule has 0 heterocycles. The third kappa shape index (κ3) is 7.50. The topological polar surface area (TPSA) is 55.2 Å². The second-order valence-electron chi connectivity index (χ2n) is 8.24. The van der Waals surface area contributed by atoms with Gasteiger partial charge in [-0.1, -0.05) is 45.4 Å². The van der Waals surface area contributed by atoms with Crippen molar-refractivity contribution >= 4 is 11.4 Å². The second-order valence-corrected chi connectivity index (χ2v) is 8.24. The van der Waals surface area contributed by atoms with E-state index in [-0.39, 0.29) is 10.6 Å². The molecular weight excluding hydrogens is 362 g/mol. The fourth-order valence-corrected chi connectivity index (χ4v) is 4.34. The molecule has 0 amide bonds. The molecule has 29 heavy (non-hydrogen) atoms. The Labute approximate surface area is 175 Å². The summed E-state index contributed by atoms with van der Waals surface area (Å²) in [6.45, 7) is 12.0. The molecule has 0 radical (unpaired) electrons. The van der Waals surface area contributed by atoms with Gasteiger partial charge in [0.05, 0.1) is 31.1 Å². The van der Waals surface area contributed by atoms with Crippen LogP contribution in [0.5, 0.6) is 0 Å². The van der Waals surface area contributed by atoms with Crippen molar-refractivity contribution in [2.24, 2.45) is 5.92 Å². The van der Waals surface area contributed by atoms with E-state index in [4.69, 9.17) is 0 Å². The van der Waals surface area contributed by atoms with Crippen LogP contribution in [0.1, 0.15) is 45.6 Å². The monoisotopic (exact) mass is 398 g/mol. The molecule has 0 fully saturated rings. The zero-order valence-corrected chi connectivity index (χ0v) is 18.1. The molecule has 0 aliphatic heterocycles. The number of hydrogen-bond acceptors (Lipinski definition) is 3. The molecule has 0 saturated heterocycles. The summed E-state index contributed by atoms with van der Waals surface area (Å²) in [7, 11) is 0. The third-order valence-electron chi connectivity index (χ3n) is 5.53. The normalized spacial score (nSPS) is 14.2. The summed E-state index contributed by atoms with van der Waals surface area (Å²) in [5, 5.41) is 14.6. The van der Waals surface area contributed by atoms with Gasteiger partial charge >= 0.3 is 0 Å². The van der Waals surface area contributed by atoms with Gasteiger partial charge in [-0.3, -0.25) is 10.1 Å². The number of nitro groups is 1. The number of quaternary nitrogens is 1. The fourth-order valence-electron chi connectivity index (χ4n) is 4.34. The van der Waals surface area contributed by atoms with Gasteiger partial charge in [0.25, 0.3) is 5.69 Å². The van der Waals surface area contributed by atoms with Gasteiger partial charge < -0.3 is 9.80 Å². The van der Waals surface area contributed by atoms with E-state index in [9.17, 15) is 10.1 Å². The van der Waals surface area contributed by atoms with Gasteiger partial charge in [0.15, 0.2) is 0 Å². The highest BCUT2D eigenvalue weighted by molar-refractivity contribution is 5.42. The maximum absolute atomic E-state index is 11.0. The van der Waals surface area contributed by atoms with Crippen LogP contribution in [0.3, 0.4) is 0 Å². The number of nitrogens with zero attached hydrogens (tertiary/aromatic N) is 2. The Bertz CT molecular complexity index is 734. The van der Waals surface area contributed by atoms with Gasteiger partial charge in [0.1, 0.15) is 6.54 Å². The Morgan fingerprint density at radius 2 is 1.69 bits per heavy atom. The Balaban J connectivity index is 2.17. The largest absolute Gasteiger partial charge is 0.379 e. The molecule has 158 valence electrons. The van der Waals surface area contributed by atoms with Gasteiger partial charge in [0.2, 0.25) is 0 Å². The highest BCUT2D eigenvalue weighted by Gasteiger charge is 2.29. The van der Waals surface area contributed by atoms with E-state index in [1.807, 2.05) is 18.2 Å². The molecule has 2 rings (SSSR count). The smallest absolute Gasteiger partial charge is 0.269 e. The predicted molar refractivity (Wildman–Crippen MR) is 121 cm³/mol. The molecule has 0 spiro atoms.